The molecular formula is C25H22N4O4S. The van der Waals surface area contributed by atoms with Gasteiger partial charge in [0.2, 0.25) is 5.88 Å². The van der Waals surface area contributed by atoms with Crippen LogP contribution in [-0.2, 0) is 23.2 Å². The molecule has 2 aromatic carbocycles. The third kappa shape index (κ3) is 6.17. The van der Waals surface area contributed by atoms with E-state index in [2.05, 4.69) is 20.0 Å². The van der Waals surface area contributed by atoms with Gasteiger partial charge in [-0.3, -0.25) is 14.5 Å². The van der Waals surface area contributed by atoms with Crippen molar-refractivity contribution < 1.29 is 17.9 Å². The molecule has 172 valence electrons. The summed E-state index contributed by atoms with van der Waals surface area (Å²) in [5.41, 5.74) is 2.61. The highest BCUT2D eigenvalue weighted by atomic mass is 32.2. The molecule has 2 aromatic heterocycles. The number of anilines is 1. The van der Waals surface area contributed by atoms with Gasteiger partial charge in [0, 0.05) is 36.8 Å². The molecule has 0 saturated carbocycles. The van der Waals surface area contributed by atoms with Crippen molar-refractivity contribution in [3.8, 4) is 5.88 Å². The molecule has 0 aliphatic heterocycles. The maximum Gasteiger partial charge on any atom is 0.261 e. The van der Waals surface area contributed by atoms with E-state index >= 15 is 0 Å². The number of amides is 1. The zero-order valence-corrected chi connectivity index (χ0v) is 18.9. The van der Waals surface area contributed by atoms with Crippen molar-refractivity contribution in [1.82, 2.24) is 15.3 Å². The highest BCUT2D eigenvalue weighted by Gasteiger charge is 2.15. The van der Waals surface area contributed by atoms with Gasteiger partial charge in [0.25, 0.3) is 15.9 Å². The molecule has 4 rings (SSSR count). The van der Waals surface area contributed by atoms with Gasteiger partial charge in [0.1, 0.15) is 6.61 Å². The minimum Gasteiger partial charge on any atom is -0.473 e. The molecule has 0 aliphatic rings. The first kappa shape index (κ1) is 22.9. The van der Waals surface area contributed by atoms with Crippen LogP contribution in [0, 0.1) is 0 Å². The predicted molar refractivity (Wildman–Crippen MR) is 128 cm³/mol. The average molecular weight is 475 g/mol. The first-order valence-electron chi connectivity index (χ1n) is 10.4. The molecule has 8 nitrogen and oxygen atoms in total. The highest BCUT2D eigenvalue weighted by Crippen LogP contribution is 2.16. The van der Waals surface area contributed by atoms with E-state index in [4.69, 9.17) is 4.74 Å². The van der Waals surface area contributed by atoms with Crippen LogP contribution in [-0.4, -0.2) is 24.3 Å². The van der Waals surface area contributed by atoms with E-state index in [0.717, 1.165) is 11.1 Å². The highest BCUT2D eigenvalue weighted by molar-refractivity contribution is 7.92. The van der Waals surface area contributed by atoms with Gasteiger partial charge >= 0.3 is 0 Å². The molecule has 34 heavy (non-hydrogen) atoms. The van der Waals surface area contributed by atoms with E-state index in [0.29, 0.717) is 23.7 Å². The second-order valence-electron chi connectivity index (χ2n) is 7.33. The number of sulfonamides is 1. The van der Waals surface area contributed by atoms with Crippen LogP contribution < -0.4 is 14.8 Å². The lowest BCUT2D eigenvalue weighted by atomic mass is 10.2. The van der Waals surface area contributed by atoms with Gasteiger partial charge in [0.05, 0.1) is 10.6 Å². The summed E-state index contributed by atoms with van der Waals surface area (Å²) in [6.07, 6.45) is 4.61. The first-order chi connectivity index (χ1) is 16.5. The monoisotopic (exact) mass is 474 g/mol. The van der Waals surface area contributed by atoms with Crippen molar-refractivity contribution in [2.45, 2.75) is 18.0 Å². The molecule has 0 spiro atoms. The summed E-state index contributed by atoms with van der Waals surface area (Å²) in [6.45, 7) is 0.668. The van der Waals surface area contributed by atoms with Crippen molar-refractivity contribution in [3.05, 3.63) is 114 Å². The number of aromatic nitrogens is 2. The van der Waals surface area contributed by atoms with Crippen LogP contribution in [0.3, 0.4) is 0 Å². The lowest BCUT2D eigenvalue weighted by Crippen LogP contribution is -2.23. The van der Waals surface area contributed by atoms with Gasteiger partial charge in [-0.05, 0) is 53.6 Å². The second-order valence-corrected chi connectivity index (χ2v) is 9.01. The number of hydrogen-bond acceptors (Lipinski definition) is 6. The summed E-state index contributed by atoms with van der Waals surface area (Å²) in [5, 5.41) is 2.82. The molecule has 0 radical (unpaired) electrons. The number of nitrogens with zero attached hydrogens (tertiary/aromatic N) is 2. The van der Waals surface area contributed by atoms with E-state index in [1.54, 1.807) is 30.5 Å². The lowest BCUT2D eigenvalue weighted by molar-refractivity contribution is 0.0950. The molecule has 0 bridgehead atoms. The Morgan fingerprint density at radius 1 is 0.853 bits per heavy atom. The number of carbonyl (C=O) groups is 1. The topological polar surface area (TPSA) is 110 Å². The van der Waals surface area contributed by atoms with E-state index in [9.17, 15) is 13.2 Å². The molecule has 2 N–H and O–H groups in total. The Morgan fingerprint density at radius 2 is 1.59 bits per heavy atom. The summed E-state index contributed by atoms with van der Waals surface area (Å²) in [6, 6.07) is 22.1. The van der Waals surface area contributed by atoms with Crippen LogP contribution >= 0.6 is 0 Å². The van der Waals surface area contributed by atoms with Crippen molar-refractivity contribution >= 4 is 21.6 Å². The zero-order valence-electron chi connectivity index (χ0n) is 18.1. The molecule has 2 heterocycles. The van der Waals surface area contributed by atoms with Crippen LogP contribution in [0.25, 0.3) is 0 Å². The van der Waals surface area contributed by atoms with Gasteiger partial charge < -0.3 is 10.1 Å². The lowest BCUT2D eigenvalue weighted by Gasteiger charge is -2.10. The van der Waals surface area contributed by atoms with Crippen molar-refractivity contribution in [3.63, 3.8) is 0 Å². The van der Waals surface area contributed by atoms with Crippen molar-refractivity contribution in [2.24, 2.45) is 0 Å². The third-order valence-electron chi connectivity index (χ3n) is 4.84. The Morgan fingerprint density at radius 3 is 2.32 bits per heavy atom. The number of rotatable bonds is 9. The van der Waals surface area contributed by atoms with E-state index < -0.39 is 10.0 Å². The number of nitrogens with one attached hydrogen (secondary N) is 2. The summed E-state index contributed by atoms with van der Waals surface area (Å²) in [7, 11) is -3.77. The molecule has 0 fully saturated rings. The smallest absolute Gasteiger partial charge is 0.261 e. The summed E-state index contributed by atoms with van der Waals surface area (Å²) >= 11 is 0. The maximum atomic E-state index is 12.5. The first-order valence-corrected chi connectivity index (χ1v) is 11.9. The molecule has 4 aromatic rings. The molecular weight excluding hydrogens is 452 g/mol. The van der Waals surface area contributed by atoms with E-state index in [-0.39, 0.29) is 17.3 Å². The van der Waals surface area contributed by atoms with E-state index in [1.165, 1.54) is 36.7 Å². The van der Waals surface area contributed by atoms with Gasteiger partial charge in [-0.15, -0.1) is 0 Å². The zero-order chi connectivity index (χ0) is 23.8. The summed E-state index contributed by atoms with van der Waals surface area (Å²) in [4.78, 5) is 20.6. The Hall–Kier alpha value is -4.24. The number of carbonyl (C=O) groups excluding carboxylic acids is 1. The molecule has 0 saturated heterocycles. The average Bonchev–Trinajstić information content (AvgIpc) is 2.87. The normalized spacial score (nSPS) is 10.9. The van der Waals surface area contributed by atoms with Crippen LogP contribution in [0.5, 0.6) is 5.88 Å². The number of ether oxygens (including phenoxy) is 1. The largest absolute Gasteiger partial charge is 0.473 e. The molecule has 0 unspecified atom stereocenters. The quantitative estimate of drug-likeness (QED) is 0.382. The molecule has 0 aliphatic carbocycles. The second kappa shape index (κ2) is 10.6. The molecule has 0 atom stereocenters. The van der Waals surface area contributed by atoms with Crippen molar-refractivity contribution in [2.75, 3.05) is 4.72 Å². The Bertz CT molecular complexity index is 1350. The van der Waals surface area contributed by atoms with Gasteiger partial charge in [0.15, 0.2) is 0 Å². The number of benzene rings is 2. The Kier molecular flexibility index (Phi) is 7.14. The fourth-order valence-corrected chi connectivity index (χ4v) is 4.13. The maximum absolute atomic E-state index is 12.5. The number of hydrogen-bond donors (Lipinski definition) is 2. The fraction of sp³-hybridized carbons (Fsp3) is 0.0800. The summed E-state index contributed by atoms with van der Waals surface area (Å²) in [5.74, 6) is 0.140. The van der Waals surface area contributed by atoms with E-state index in [1.807, 2.05) is 30.3 Å². The van der Waals surface area contributed by atoms with Crippen LogP contribution in [0.15, 0.2) is 102 Å². The predicted octanol–water partition coefficient (Wildman–Crippen LogP) is 3.79. The third-order valence-corrected chi connectivity index (χ3v) is 6.24. The van der Waals surface area contributed by atoms with Crippen LogP contribution in [0.2, 0.25) is 0 Å². The van der Waals surface area contributed by atoms with Crippen LogP contribution in [0.1, 0.15) is 21.5 Å². The number of pyridine rings is 2. The standard InChI is InChI=1S/C25H22N4O4S/c30-25(21-6-8-23(9-7-21)34(31,32)29-22-11-13-26-14-12-22)28-17-20-10-15-27-24(16-20)33-18-19-4-2-1-3-5-19/h1-16H,17-18H2,(H,26,29)(H,28,30). The molecule has 1 amide bonds. The summed E-state index contributed by atoms with van der Waals surface area (Å²) < 4.78 is 33.2. The van der Waals surface area contributed by atoms with Crippen molar-refractivity contribution in [1.29, 1.82) is 0 Å². The molecule has 9 heteroatoms. The Balaban J connectivity index is 1.33. The van der Waals surface area contributed by atoms with Crippen LogP contribution in [0.4, 0.5) is 5.69 Å². The van der Waals surface area contributed by atoms with Gasteiger partial charge in [-0.2, -0.15) is 0 Å². The minimum absolute atomic E-state index is 0.0511. The van der Waals surface area contributed by atoms with Gasteiger partial charge in [-0.25, -0.2) is 13.4 Å². The fourth-order valence-electron chi connectivity index (χ4n) is 3.07. The van der Waals surface area contributed by atoms with Gasteiger partial charge in [-0.1, -0.05) is 30.3 Å². The SMILES string of the molecule is O=C(NCc1ccnc(OCc2ccccc2)c1)c1ccc(S(=O)(=O)Nc2ccncc2)cc1. The minimum atomic E-state index is -3.77. The Labute approximate surface area is 197 Å².